The lowest BCUT2D eigenvalue weighted by atomic mass is 9.75. The summed E-state index contributed by atoms with van der Waals surface area (Å²) < 4.78 is 5.43. The number of benzene rings is 3. The molecule has 3 aromatic carbocycles. The molecule has 0 bridgehead atoms. The van der Waals surface area contributed by atoms with Crippen LogP contribution in [0.2, 0.25) is 0 Å². The summed E-state index contributed by atoms with van der Waals surface area (Å²) in [5.74, 6) is -0.195. The fraction of sp³-hybridized carbons (Fsp3) is 0.409. The molecule has 5 fully saturated rings. The maximum absolute atomic E-state index is 14.0. The second kappa shape index (κ2) is 14.9. The van der Waals surface area contributed by atoms with E-state index in [2.05, 4.69) is 56.9 Å². The number of imide groups is 1. The van der Waals surface area contributed by atoms with Crippen LogP contribution in [0.5, 0.6) is 5.75 Å². The highest BCUT2D eigenvalue weighted by Gasteiger charge is 2.59. The summed E-state index contributed by atoms with van der Waals surface area (Å²) in [4.78, 5) is 65.2. The number of carbonyl (C=O) groups is 4. The molecule has 9 rings (SSSR count). The summed E-state index contributed by atoms with van der Waals surface area (Å²) >= 11 is 5.99. The SMILES string of the molecule is C=C1CCC(N2C(=O)c3ccc(N4CCN(CC5CCN(c6ccc(N7C(=S)N(c8ccc(C#N)c(OC)c8)C(=O)C78CCC8)cc6)CC5)CC4)cc3C2=O)C(=O)N1. The molecule has 3 aromatic rings. The van der Waals surface area contributed by atoms with Crippen LogP contribution < -0.4 is 29.7 Å². The first-order chi connectivity index (χ1) is 28.1. The lowest BCUT2D eigenvalue weighted by molar-refractivity contribution is -0.125. The molecular weight excluding hydrogens is 753 g/mol. The third kappa shape index (κ3) is 6.28. The van der Waals surface area contributed by atoms with E-state index in [0.717, 1.165) is 99.9 Å². The molecule has 4 amide bonds. The fourth-order valence-corrected chi connectivity index (χ4v) is 10.1. The minimum Gasteiger partial charge on any atom is -0.495 e. The van der Waals surface area contributed by atoms with Crippen LogP contribution in [-0.4, -0.2) is 103 Å². The van der Waals surface area contributed by atoms with E-state index < -0.39 is 23.4 Å². The van der Waals surface area contributed by atoms with Gasteiger partial charge >= 0.3 is 0 Å². The molecule has 4 saturated heterocycles. The zero-order valence-corrected chi connectivity index (χ0v) is 33.4. The van der Waals surface area contributed by atoms with Gasteiger partial charge in [-0.3, -0.25) is 33.9 Å². The predicted octanol–water partition coefficient (Wildman–Crippen LogP) is 5.05. The fourth-order valence-electron chi connectivity index (χ4n) is 9.60. The summed E-state index contributed by atoms with van der Waals surface area (Å²) in [7, 11) is 1.51. The van der Waals surface area contributed by atoms with Crippen molar-refractivity contribution in [2.75, 3.05) is 72.5 Å². The van der Waals surface area contributed by atoms with Gasteiger partial charge in [0.25, 0.3) is 17.7 Å². The van der Waals surface area contributed by atoms with Crippen molar-refractivity contribution in [2.24, 2.45) is 5.92 Å². The van der Waals surface area contributed by atoms with Crippen LogP contribution in [0.1, 0.15) is 71.2 Å². The Hall–Kier alpha value is -5.78. The van der Waals surface area contributed by atoms with Crippen molar-refractivity contribution < 1.29 is 23.9 Å². The van der Waals surface area contributed by atoms with Gasteiger partial charge in [0.15, 0.2) is 5.11 Å². The van der Waals surface area contributed by atoms with Crippen LogP contribution in [0.4, 0.5) is 22.7 Å². The van der Waals surface area contributed by atoms with E-state index in [1.165, 1.54) is 7.11 Å². The summed E-state index contributed by atoms with van der Waals surface area (Å²) in [6.45, 7) is 10.3. The van der Waals surface area contributed by atoms with Gasteiger partial charge in [0.1, 0.15) is 23.4 Å². The van der Waals surface area contributed by atoms with Gasteiger partial charge in [0.2, 0.25) is 5.91 Å². The highest BCUT2D eigenvalue weighted by molar-refractivity contribution is 7.81. The number of methoxy groups -OCH3 is 1. The first-order valence-corrected chi connectivity index (χ1v) is 20.6. The van der Waals surface area contributed by atoms with Crippen molar-refractivity contribution in [1.82, 2.24) is 15.1 Å². The monoisotopic (exact) mass is 798 g/mol. The maximum Gasteiger partial charge on any atom is 0.262 e. The molecule has 1 N–H and O–H groups in total. The second-order valence-electron chi connectivity index (χ2n) is 16.2. The minimum absolute atomic E-state index is 0.0352. The Morgan fingerprint density at radius 1 is 0.828 bits per heavy atom. The zero-order chi connectivity index (χ0) is 40.3. The molecule has 5 heterocycles. The Balaban J connectivity index is 0.782. The number of allylic oxidation sites excluding steroid dienone is 1. The molecule has 0 aromatic heterocycles. The Kier molecular flexibility index (Phi) is 9.68. The number of amides is 4. The van der Waals surface area contributed by atoms with Crippen molar-refractivity contribution in [1.29, 1.82) is 5.26 Å². The number of piperazine rings is 1. The molecule has 1 aliphatic carbocycles. The van der Waals surface area contributed by atoms with E-state index in [-0.39, 0.29) is 11.8 Å². The van der Waals surface area contributed by atoms with E-state index >= 15 is 0 Å². The van der Waals surface area contributed by atoms with Crippen molar-refractivity contribution >= 4 is 63.7 Å². The van der Waals surface area contributed by atoms with Crippen molar-refractivity contribution in [2.45, 2.75) is 56.5 Å². The van der Waals surface area contributed by atoms with Gasteiger partial charge in [-0.2, -0.15) is 5.26 Å². The third-order valence-corrected chi connectivity index (χ3v) is 13.4. The van der Waals surface area contributed by atoms with Crippen LogP contribution in [0.3, 0.4) is 0 Å². The summed E-state index contributed by atoms with van der Waals surface area (Å²) in [5, 5.41) is 12.6. The number of nitrogens with one attached hydrogen (secondary N) is 1. The predicted molar refractivity (Wildman–Crippen MR) is 224 cm³/mol. The van der Waals surface area contributed by atoms with E-state index in [9.17, 15) is 24.4 Å². The number of carbonyl (C=O) groups excluding carboxylic acids is 4. The number of hydrogen-bond acceptors (Lipinski definition) is 10. The Morgan fingerprint density at radius 2 is 1.48 bits per heavy atom. The summed E-state index contributed by atoms with van der Waals surface area (Å²) in [6, 6.07) is 20.4. The van der Waals surface area contributed by atoms with E-state index in [1.54, 1.807) is 29.2 Å². The molecule has 6 aliphatic rings. The number of fused-ring (bicyclic) bond motifs is 1. The quantitative estimate of drug-likeness (QED) is 0.243. The smallest absolute Gasteiger partial charge is 0.262 e. The first kappa shape index (κ1) is 37.8. The number of piperidine rings is 2. The van der Waals surface area contributed by atoms with Gasteiger partial charge in [-0.1, -0.05) is 6.58 Å². The molecule has 1 spiro atoms. The third-order valence-electron chi connectivity index (χ3n) is 13.0. The topological polar surface area (TPSA) is 133 Å². The number of nitrogens with zero attached hydrogens (tertiary/aromatic N) is 7. The van der Waals surface area contributed by atoms with Crippen LogP contribution >= 0.6 is 12.2 Å². The van der Waals surface area contributed by atoms with Gasteiger partial charge in [0, 0.05) is 74.6 Å². The number of nitriles is 1. The molecule has 1 atom stereocenters. The Morgan fingerprint density at radius 3 is 2.14 bits per heavy atom. The average Bonchev–Trinajstić information content (AvgIpc) is 3.62. The highest BCUT2D eigenvalue weighted by atomic mass is 32.1. The normalized spacial score (nSPS) is 22.4. The molecule has 5 aliphatic heterocycles. The lowest BCUT2D eigenvalue weighted by Gasteiger charge is -2.43. The van der Waals surface area contributed by atoms with Crippen LogP contribution in [-0.2, 0) is 9.59 Å². The maximum atomic E-state index is 14.0. The van der Waals surface area contributed by atoms with Crippen LogP contribution in [0, 0.1) is 17.2 Å². The van der Waals surface area contributed by atoms with E-state index in [4.69, 9.17) is 17.0 Å². The highest BCUT2D eigenvalue weighted by Crippen LogP contribution is 2.48. The number of rotatable bonds is 8. The minimum atomic E-state index is -0.815. The van der Waals surface area contributed by atoms with Crippen molar-refractivity contribution in [3.63, 3.8) is 0 Å². The van der Waals surface area contributed by atoms with Crippen molar-refractivity contribution in [3.8, 4) is 11.8 Å². The van der Waals surface area contributed by atoms with E-state index in [1.807, 2.05) is 17.0 Å². The standard InChI is InChI=1S/C44H46N8O5S/c1-28-4-13-37(39(53)46-28)51-40(54)35-12-11-33(24-36(35)41(51)55)49-22-20-47(21-23-49)27-29-14-18-48(19-15-29)31-7-9-32(10-8-31)52-43(58)50(42(56)44(52)16-3-17-44)34-6-5-30(26-45)38(25-34)57-2/h5-12,24-25,29,37H,1,3-4,13-23,27H2,2H3,(H,46,53). The van der Waals surface area contributed by atoms with Gasteiger partial charge in [-0.25, -0.2) is 0 Å². The largest absolute Gasteiger partial charge is 0.495 e. The lowest BCUT2D eigenvalue weighted by Crippen LogP contribution is -2.55. The Bertz CT molecular complexity index is 2270. The molecular formula is C44H46N8O5S. The molecule has 13 nitrogen and oxygen atoms in total. The number of ether oxygens (including phenoxy) is 1. The first-order valence-electron chi connectivity index (χ1n) is 20.2. The average molecular weight is 799 g/mol. The Labute approximate surface area is 343 Å². The molecule has 298 valence electrons. The molecule has 0 radical (unpaired) electrons. The zero-order valence-electron chi connectivity index (χ0n) is 32.6. The molecule has 58 heavy (non-hydrogen) atoms. The second-order valence-corrected chi connectivity index (χ2v) is 16.6. The van der Waals surface area contributed by atoms with Crippen molar-refractivity contribution in [3.05, 3.63) is 89.6 Å². The number of anilines is 4. The van der Waals surface area contributed by atoms with E-state index in [0.29, 0.717) is 57.7 Å². The van der Waals surface area contributed by atoms with Gasteiger partial charge in [-0.15, -0.1) is 0 Å². The van der Waals surface area contributed by atoms with Crippen LogP contribution in [0.25, 0.3) is 0 Å². The molecule has 1 saturated carbocycles. The van der Waals surface area contributed by atoms with Gasteiger partial charge in [0.05, 0.1) is 29.5 Å². The van der Waals surface area contributed by atoms with Gasteiger partial charge in [-0.05, 0) is 118 Å². The molecule has 1 unspecified atom stereocenters. The molecule has 14 heteroatoms. The van der Waals surface area contributed by atoms with Crippen LogP contribution in [0.15, 0.2) is 72.9 Å². The summed E-state index contributed by atoms with van der Waals surface area (Å²) in [5.41, 5.74) is 4.63. The summed E-state index contributed by atoms with van der Waals surface area (Å²) in [6.07, 6.45) is 5.54. The number of thiocarbonyl (C=S) groups is 1. The number of hydrogen-bond donors (Lipinski definition) is 1. The van der Waals surface area contributed by atoms with Gasteiger partial charge < -0.3 is 24.8 Å².